The molecule has 0 bridgehead atoms. The zero-order valence-corrected chi connectivity index (χ0v) is 25.0. The van der Waals surface area contributed by atoms with Gasteiger partial charge in [0.1, 0.15) is 11.5 Å². The number of pyridine rings is 2. The van der Waals surface area contributed by atoms with Crippen LogP contribution in [-0.2, 0) is 0 Å². The first-order valence-corrected chi connectivity index (χ1v) is 14.5. The first kappa shape index (κ1) is 32.2. The standard InChI is InChI=1S/C32H42N4O6/c1-5-7-9-11-17-41-27-19-24(32(38)36-26-14-16-34-22-30(26)40-4)28(42-18-12-10-8-6-2)20-23(27)31(37)35-25-13-15-33-21-29(25)39-3/h13-16,19-22H,5-12,17-18H2,1-4H3,(H,33,35,37)(H,34,36,38). The molecule has 2 amide bonds. The van der Waals surface area contributed by atoms with E-state index in [0.717, 1.165) is 51.4 Å². The van der Waals surface area contributed by atoms with Crippen molar-refractivity contribution in [3.63, 3.8) is 0 Å². The number of anilines is 2. The predicted octanol–water partition coefficient (Wildman–Crippen LogP) is 6.92. The van der Waals surface area contributed by atoms with E-state index in [1.807, 2.05) is 0 Å². The number of carbonyl (C=O) groups is 2. The van der Waals surface area contributed by atoms with Gasteiger partial charge in [0.25, 0.3) is 11.8 Å². The Kier molecular flexibility index (Phi) is 13.4. The molecule has 3 rings (SSSR count). The summed E-state index contributed by atoms with van der Waals surface area (Å²) in [6.45, 7) is 5.07. The van der Waals surface area contributed by atoms with Crippen LogP contribution in [0.25, 0.3) is 0 Å². The maximum atomic E-state index is 13.6. The molecule has 226 valence electrons. The van der Waals surface area contributed by atoms with Crippen molar-refractivity contribution >= 4 is 23.2 Å². The summed E-state index contributed by atoms with van der Waals surface area (Å²) in [6.07, 6.45) is 14.2. The molecule has 0 saturated carbocycles. The van der Waals surface area contributed by atoms with E-state index < -0.39 is 11.8 Å². The monoisotopic (exact) mass is 578 g/mol. The SMILES string of the molecule is CCCCCCOc1cc(C(=O)Nc2ccncc2OC)c(OCCCCCC)cc1C(=O)Nc1ccncc1OC. The minimum absolute atomic E-state index is 0.242. The van der Waals surface area contributed by atoms with Gasteiger partial charge < -0.3 is 29.6 Å². The molecule has 0 fully saturated rings. The van der Waals surface area contributed by atoms with Gasteiger partial charge in [0.2, 0.25) is 0 Å². The number of amides is 2. The average Bonchev–Trinajstić information content (AvgIpc) is 3.01. The van der Waals surface area contributed by atoms with Crippen molar-refractivity contribution in [2.45, 2.75) is 65.2 Å². The van der Waals surface area contributed by atoms with Crippen molar-refractivity contribution in [3.8, 4) is 23.0 Å². The highest BCUT2D eigenvalue weighted by Gasteiger charge is 2.23. The van der Waals surface area contributed by atoms with Crippen LogP contribution < -0.4 is 29.6 Å². The van der Waals surface area contributed by atoms with Gasteiger partial charge in [-0.25, -0.2) is 0 Å². The van der Waals surface area contributed by atoms with Crippen molar-refractivity contribution in [1.29, 1.82) is 0 Å². The number of carbonyl (C=O) groups excluding carboxylic acids is 2. The van der Waals surface area contributed by atoms with Crippen molar-refractivity contribution in [2.75, 3.05) is 38.1 Å². The summed E-state index contributed by atoms with van der Waals surface area (Å²) in [7, 11) is 3.01. The number of methoxy groups -OCH3 is 2. The number of nitrogens with zero attached hydrogens (tertiary/aromatic N) is 2. The molecule has 10 nitrogen and oxygen atoms in total. The lowest BCUT2D eigenvalue weighted by Crippen LogP contribution is -2.19. The Labute approximate surface area is 248 Å². The van der Waals surface area contributed by atoms with E-state index in [1.54, 1.807) is 36.7 Å². The molecule has 1 aromatic carbocycles. The first-order valence-electron chi connectivity index (χ1n) is 14.5. The van der Waals surface area contributed by atoms with E-state index in [2.05, 4.69) is 34.4 Å². The van der Waals surface area contributed by atoms with Crippen LogP contribution in [0.3, 0.4) is 0 Å². The molecule has 2 aromatic heterocycles. The third kappa shape index (κ3) is 9.36. The topological polar surface area (TPSA) is 121 Å². The lowest BCUT2D eigenvalue weighted by Gasteiger charge is -2.18. The normalized spacial score (nSPS) is 10.6. The van der Waals surface area contributed by atoms with Crippen LogP contribution in [0.4, 0.5) is 11.4 Å². The maximum Gasteiger partial charge on any atom is 0.259 e. The van der Waals surface area contributed by atoms with Crippen molar-refractivity contribution in [1.82, 2.24) is 9.97 Å². The fourth-order valence-electron chi connectivity index (χ4n) is 4.25. The van der Waals surface area contributed by atoms with Crippen LogP contribution in [0.2, 0.25) is 0 Å². The van der Waals surface area contributed by atoms with E-state index in [-0.39, 0.29) is 22.6 Å². The predicted molar refractivity (Wildman–Crippen MR) is 163 cm³/mol. The molecule has 2 heterocycles. The number of rotatable bonds is 18. The largest absolute Gasteiger partial charge is 0.493 e. The number of aromatic nitrogens is 2. The van der Waals surface area contributed by atoms with Crippen LogP contribution in [0, 0.1) is 0 Å². The second-order valence-electron chi connectivity index (χ2n) is 9.72. The highest BCUT2D eigenvalue weighted by atomic mass is 16.5. The number of ether oxygens (including phenoxy) is 4. The molecule has 42 heavy (non-hydrogen) atoms. The molecule has 0 aliphatic carbocycles. The molecule has 0 saturated heterocycles. The molecule has 0 spiro atoms. The fraction of sp³-hybridized carbons (Fsp3) is 0.438. The van der Waals surface area contributed by atoms with Crippen LogP contribution in [0.5, 0.6) is 23.0 Å². The maximum absolute atomic E-state index is 13.6. The van der Waals surface area contributed by atoms with E-state index in [1.165, 1.54) is 26.6 Å². The summed E-state index contributed by atoms with van der Waals surface area (Å²) < 4.78 is 22.9. The molecule has 0 radical (unpaired) electrons. The minimum atomic E-state index is -0.429. The van der Waals surface area contributed by atoms with Gasteiger partial charge in [0.15, 0.2) is 11.5 Å². The first-order chi connectivity index (χ1) is 20.5. The van der Waals surface area contributed by atoms with Crippen LogP contribution in [0.1, 0.15) is 85.9 Å². The lowest BCUT2D eigenvalue weighted by molar-refractivity contribution is 0.100. The summed E-state index contributed by atoms with van der Waals surface area (Å²) >= 11 is 0. The van der Waals surface area contributed by atoms with Gasteiger partial charge in [-0.2, -0.15) is 0 Å². The van der Waals surface area contributed by atoms with Gasteiger partial charge in [-0.15, -0.1) is 0 Å². The van der Waals surface area contributed by atoms with Crippen molar-refractivity contribution < 1.29 is 28.5 Å². The number of hydrogen-bond acceptors (Lipinski definition) is 8. The van der Waals surface area contributed by atoms with Crippen molar-refractivity contribution in [3.05, 3.63) is 60.2 Å². The molecular weight excluding hydrogens is 536 g/mol. The molecular formula is C32H42N4O6. The smallest absolute Gasteiger partial charge is 0.259 e. The molecule has 0 unspecified atom stereocenters. The third-order valence-electron chi connectivity index (χ3n) is 6.59. The van der Waals surface area contributed by atoms with Crippen LogP contribution in [0.15, 0.2) is 49.1 Å². The summed E-state index contributed by atoms with van der Waals surface area (Å²) in [4.78, 5) is 35.3. The minimum Gasteiger partial charge on any atom is -0.493 e. The number of nitrogens with one attached hydrogen (secondary N) is 2. The fourth-order valence-corrected chi connectivity index (χ4v) is 4.25. The third-order valence-corrected chi connectivity index (χ3v) is 6.59. The number of hydrogen-bond donors (Lipinski definition) is 2. The zero-order valence-electron chi connectivity index (χ0n) is 25.0. The van der Waals surface area contributed by atoms with E-state index >= 15 is 0 Å². The lowest BCUT2D eigenvalue weighted by atomic mass is 10.1. The Hall–Kier alpha value is -4.34. The van der Waals surface area contributed by atoms with Gasteiger partial charge in [-0.3, -0.25) is 19.6 Å². The average molecular weight is 579 g/mol. The Morgan fingerprint density at radius 1 is 0.643 bits per heavy atom. The summed E-state index contributed by atoms with van der Waals surface area (Å²) in [5, 5.41) is 5.76. The number of unbranched alkanes of at least 4 members (excludes halogenated alkanes) is 6. The van der Waals surface area contributed by atoms with Gasteiger partial charge >= 0.3 is 0 Å². The molecule has 0 atom stereocenters. The molecule has 0 aliphatic heterocycles. The van der Waals surface area contributed by atoms with Gasteiger partial charge in [0, 0.05) is 12.4 Å². The molecule has 3 aromatic rings. The Morgan fingerprint density at radius 3 is 1.45 bits per heavy atom. The van der Waals surface area contributed by atoms with Crippen LogP contribution in [-0.4, -0.2) is 49.2 Å². The molecule has 2 N–H and O–H groups in total. The Morgan fingerprint density at radius 2 is 1.07 bits per heavy atom. The molecule has 0 aliphatic rings. The van der Waals surface area contributed by atoms with E-state index in [4.69, 9.17) is 18.9 Å². The second-order valence-corrected chi connectivity index (χ2v) is 9.72. The van der Waals surface area contributed by atoms with Gasteiger partial charge in [-0.1, -0.05) is 52.4 Å². The number of benzene rings is 1. The zero-order chi connectivity index (χ0) is 30.2. The van der Waals surface area contributed by atoms with E-state index in [9.17, 15) is 9.59 Å². The van der Waals surface area contributed by atoms with E-state index in [0.29, 0.717) is 36.1 Å². The summed E-state index contributed by atoms with van der Waals surface area (Å²) in [5.41, 5.74) is 1.40. The highest BCUT2D eigenvalue weighted by Crippen LogP contribution is 2.33. The Bertz CT molecular complexity index is 1200. The second kappa shape index (κ2) is 17.5. The molecule has 10 heteroatoms. The van der Waals surface area contributed by atoms with Gasteiger partial charge in [-0.05, 0) is 37.1 Å². The summed E-state index contributed by atoms with van der Waals surface area (Å²) in [5.74, 6) is 0.540. The van der Waals surface area contributed by atoms with Gasteiger partial charge in [0.05, 0.1) is 62.3 Å². The highest BCUT2D eigenvalue weighted by molar-refractivity contribution is 6.11. The van der Waals surface area contributed by atoms with Crippen molar-refractivity contribution in [2.24, 2.45) is 0 Å². The van der Waals surface area contributed by atoms with Crippen LogP contribution >= 0.6 is 0 Å². The quantitative estimate of drug-likeness (QED) is 0.156. The summed E-state index contributed by atoms with van der Waals surface area (Å²) in [6, 6.07) is 6.44. The Balaban J connectivity index is 1.99.